The molecular weight excluding hydrogens is 234 g/mol. The van der Waals surface area contributed by atoms with E-state index in [9.17, 15) is 0 Å². The standard InChI is InChI=1S/C8H9N3S3/c9-7(12)4-14-5-1-2-11-6(3-5)8(10)13/h1-3H,4H2,(H2,9,12)(H2,10,13). The molecule has 1 heterocycles. The van der Waals surface area contributed by atoms with Crippen LogP contribution in [-0.4, -0.2) is 20.7 Å². The first kappa shape index (κ1) is 11.4. The first-order valence-corrected chi connectivity index (χ1v) is 5.57. The zero-order chi connectivity index (χ0) is 10.6. The van der Waals surface area contributed by atoms with Gasteiger partial charge in [0.1, 0.15) is 4.99 Å². The van der Waals surface area contributed by atoms with E-state index in [-0.39, 0.29) is 0 Å². The van der Waals surface area contributed by atoms with E-state index in [4.69, 9.17) is 35.9 Å². The molecule has 0 aromatic carbocycles. The van der Waals surface area contributed by atoms with Gasteiger partial charge < -0.3 is 11.5 Å². The van der Waals surface area contributed by atoms with Crippen LogP contribution < -0.4 is 11.5 Å². The monoisotopic (exact) mass is 243 g/mol. The summed E-state index contributed by atoms with van der Waals surface area (Å²) in [7, 11) is 0. The van der Waals surface area contributed by atoms with Gasteiger partial charge in [-0.05, 0) is 12.1 Å². The van der Waals surface area contributed by atoms with E-state index in [1.54, 1.807) is 6.20 Å². The molecule has 0 aliphatic carbocycles. The van der Waals surface area contributed by atoms with Crippen LogP contribution in [0.15, 0.2) is 23.2 Å². The van der Waals surface area contributed by atoms with Gasteiger partial charge in [0.2, 0.25) is 0 Å². The summed E-state index contributed by atoms with van der Waals surface area (Å²) in [4.78, 5) is 5.80. The van der Waals surface area contributed by atoms with Crippen LogP contribution in [0.4, 0.5) is 0 Å². The lowest BCUT2D eigenvalue weighted by atomic mass is 10.3. The van der Waals surface area contributed by atoms with Gasteiger partial charge >= 0.3 is 0 Å². The predicted octanol–water partition coefficient (Wildman–Crippen LogP) is 1.09. The highest BCUT2D eigenvalue weighted by Crippen LogP contribution is 2.17. The van der Waals surface area contributed by atoms with Crippen molar-refractivity contribution < 1.29 is 0 Å². The lowest BCUT2D eigenvalue weighted by molar-refractivity contribution is 1.23. The second-order valence-corrected chi connectivity index (χ2v) is 4.51. The molecule has 6 heteroatoms. The van der Waals surface area contributed by atoms with Crippen molar-refractivity contribution in [2.75, 3.05) is 5.75 Å². The van der Waals surface area contributed by atoms with Gasteiger partial charge in [-0.25, -0.2) is 0 Å². The number of hydrogen-bond acceptors (Lipinski definition) is 4. The van der Waals surface area contributed by atoms with E-state index in [1.807, 2.05) is 12.1 Å². The quantitative estimate of drug-likeness (QED) is 0.610. The molecule has 0 bridgehead atoms. The molecule has 14 heavy (non-hydrogen) atoms. The van der Waals surface area contributed by atoms with Crippen LogP contribution in [0, 0.1) is 0 Å². The molecule has 0 atom stereocenters. The third-order valence-electron chi connectivity index (χ3n) is 1.36. The Morgan fingerprint density at radius 3 is 2.71 bits per heavy atom. The van der Waals surface area contributed by atoms with Crippen molar-refractivity contribution in [3.05, 3.63) is 24.0 Å². The third kappa shape index (κ3) is 3.57. The summed E-state index contributed by atoms with van der Waals surface area (Å²) >= 11 is 11.1. The van der Waals surface area contributed by atoms with Gasteiger partial charge in [0.05, 0.1) is 10.7 Å². The molecule has 1 rings (SSSR count). The number of nitrogens with two attached hydrogens (primary N) is 2. The number of nitrogens with zero attached hydrogens (tertiary/aromatic N) is 1. The fourth-order valence-electron chi connectivity index (χ4n) is 0.790. The van der Waals surface area contributed by atoms with Crippen molar-refractivity contribution in [3.8, 4) is 0 Å². The van der Waals surface area contributed by atoms with Gasteiger partial charge in [-0.2, -0.15) is 0 Å². The lowest BCUT2D eigenvalue weighted by Gasteiger charge is -2.02. The van der Waals surface area contributed by atoms with Gasteiger partial charge in [-0.1, -0.05) is 24.4 Å². The Morgan fingerprint density at radius 2 is 2.14 bits per heavy atom. The molecule has 4 N–H and O–H groups in total. The number of aromatic nitrogens is 1. The molecule has 0 radical (unpaired) electrons. The van der Waals surface area contributed by atoms with E-state index in [0.717, 1.165) is 4.90 Å². The second kappa shape index (κ2) is 5.23. The highest BCUT2D eigenvalue weighted by molar-refractivity contribution is 8.01. The zero-order valence-corrected chi connectivity index (χ0v) is 9.72. The van der Waals surface area contributed by atoms with Gasteiger partial charge in [0.15, 0.2) is 0 Å². The minimum atomic E-state index is 0.294. The first-order valence-electron chi connectivity index (χ1n) is 3.76. The van der Waals surface area contributed by atoms with Crippen molar-refractivity contribution in [3.63, 3.8) is 0 Å². The summed E-state index contributed by atoms with van der Waals surface area (Å²) in [6.45, 7) is 0. The van der Waals surface area contributed by atoms with Gasteiger partial charge in [-0.15, -0.1) is 11.8 Å². The largest absolute Gasteiger partial charge is 0.393 e. The lowest BCUT2D eigenvalue weighted by Crippen LogP contribution is -2.12. The molecule has 0 saturated heterocycles. The molecule has 74 valence electrons. The van der Waals surface area contributed by atoms with E-state index in [1.165, 1.54) is 11.8 Å². The Balaban J connectivity index is 2.73. The molecule has 1 aromatic rings. The van der Waals surface area contributed by atoms with Crippen LogP contribution in [0.5, 0.6) is 0 Å². The molecule has 0 aliphatic rings. The van der Waals surface area contributed by atoms with Crippen LogP contribution in [0.1, 0.15) is 5.69 Å². The van der Waals surface area contributed by atoms with Crippen molar-refractivity contribution >= 4 is 46.2 Å². The number of rotatable bonds is 4. The Labute approximate surface area is 97.3 Å². The topological polar surface area (TPSA) is 64.9 Å². The van der Waals surface area contributed by atoms with Crippen LogP contribution in [0.2, 0.25) is 0 Å². The smallest absolute Gasteiger partial charge is 0.122 e. The van der Waals surface area contributed by atoms with Crippen molar-refractivity contribution in [2.24, 2.45) is 11.5 Å². The maximum absolute atomic E-state index is 5.45. The van der Waals surface area contributed by atoms with Crippen molar-refractivity contribution in [2.45, 2.75) is 4.90 Å². The van der Waals surface area contributed by atoms with E-state index >= 15 is 0 Å². The maximum atomic E-state index is 5.45. The fourth-order valence-corrected chi connectivity index (χ4v) is 1.74. The summed E-state index contributed by atoms with van der Waals surface area (Å²) in [6.07, 6.45) is 1.66. The number of hydrogen-bond donors (Lipinski definition) is 2. The Hall–Kier alpha value is -0.720. The van der Waals surface area contributed by atoms with Crippen molar-refractivity contribution in [1.82, 2.24) is 4.98 Å². The molecular formula is C8H9N3S3. The van der Waals surface area contributed by atoms with Gasteiger partial charge in [-0.3, -0.25) is 4.98 Å². The summed E-state index contributed by atoms with van der Waals surface area (Å²) in [5, 5.41) is 0. The summed E-state index contributed by atoms with van der Waals surface area (Å²) in [5.74, 6) is 0.607. The van der Waals surface area contributed by atoms with Crippen LogP contribution in [-0.2, 0) is 0 Å². The minimum absolute atomic E-state index is 0.294. The van der Waals surface area contributed by atoms with E-state index in [2.05, 4.69) is 4.98 Å². The average Bonchev–Trinajstić information content (AvgIpc) is 2.15. The average molecular weight is 243 g/mol. The van der Waals surface area contributed by atoms with Gasteiger partial charge in [0, 0.05) is 16.8 Å². The SMILES string of the molecule is NC(=S)CSc1ccnc(C(N)=S)c1. The number of thioether (sulfide) groups is 1. The Bertz CT molecular complexity index is 365. The molecule has 0 aliphatic heterocycles. The summed E-state index contributed by atoms with van der Waals surface area (Å²) in [6, 6.07) is 3.69. The maximum Gasteiger partial charge on any atom is 0.122 e. The molecule has 0 unspecified atom stereocenters. The molecule has 0 spiro atoms. The Morgan fingerprint density at radius 1 is 1.43 bits per heavy atom. The molecule has 0 amide bonds. The van der Waals surface area contributed by atoms with E-state index < -0.39 is 0 Å². The number of pyridine rings is 1. The van der Waals surface area contributed by atoms with Crippen molar-refractivity contribution in [1.29, 1.82) is 0 Å². The van der Waals surface area contributed by atoms with Crippen LogP contribution in [0.3, 0.4) is 0 Å². The summed E-state index contributed by atoms with van der Waals surface area (Å²) in [5.41, 5.74) is 11.4. The second-order valence-electron chi connectivity index (χ2n) is 2.50. The number of thiocarbonyl (C=S) groups is 2. The fraction of sp³-hybridized carbons (Fsp3) is 0.125. The van der Waals surface area contributed by atoms with Gasteiger partial charge in [0.25, 0.3) is 0 Å². The predicted molar refractivity (Wildman–Crippen MR) is 67.6 cm³/mol. The molecule has 1 aromatic heterocycles. The Kier molecular flexibility index (Phi) is 4.24. The third-order valence-corrected chi connectivity index (χ3v) is 2.94. The zero-order valence-electron chi connectivity index (χ0n) is 7.27. The molecule has 0 fully saturated rings. The highest BCUT2D eigenvalue weighted by Gasteiger charge is 2.00. The van der Waals surface area contributed by atoms with Crippen LogP contribution >= 0.6 is 36.2 Å². The highest BCUT2D eigenvalue weighted by atomic mass is 32.2. The molecule has 3 nitrogen and oxygen atoms in total. The van der Waals surface area contributed by atoms with Crippen LogP contribution in [0.25, 0.3) is 0 Å². The summed E-state index contributed by atoms with van der Waals surface area (Å²) < 4.78 is 0. The van der Waals surface area contributed by atoms with E-state index in [0.29, 0.717) is 21.4 Å². The first-order chi connectivity index (χ1) is 6.59. The normalized spacial score (nSPS) is 9.71. The molecule has 0 saturated carbocycles. The minimum Gasteiger partial charge on any atom is -0.393 e.